The summed E-state index contributed by atoms with van der Waals surface area (Å²) < 4.78 is 6.19. The van der Waals surface area contributed by atoms with Crippen molar-refractivity contribution in [2.24, 2.45) is 0 Å². The number of para-hydroxylation sites is 1. The van der Waals surface area contributed by atoms with Crippen LogP contribution in [-0.4, -0.2) is 28.5 Å². The monoisotopic (exact) mass is 447 g/mol. The van der Waals surface area contributed by atoms with Crippen molar-refractivity contribution in [3.63, 3.8) is 0 Å². The van der Waals surface area contributed by atoms with E-state index < -0.39 is 5.97 Å². The molecule has 162 valence electrons. The molecule has 2 heterocycles. The zero-order chi connectivity index (χ0) is 22.7. The summed E-state index contributed by atoms with van der Waals surface area (Å²) in [5, 5.41) is 5.21. The second-order valence-corrected chi connectivity index (χ2v) is 8.13. The molecular formula is C24H21N3O4S. The summed E-state index contributed by atoms with van der Waals surface area (Å²) in [4.78, 5) is 42.6. The number of hydrogen-bond acceptors (Lipinski definition) is 6. The van der Waals surface area contributed by atoms with Crippen LogP contribution in [0.15, 0.2) is 65.0 Å². The normalized spacial score (nSPS) is 10.8. The molecule has 1 N–H and O–H groups in total. The van der Waals surface area contributed by atoms with Gasteiger partial charge in [-0.15, -0.1) is 11.3 Å². The maximum atomic E-state index is 13.1. The maximum absolute atomic E-state index is 13.1. The SMILES string of the molecule is COC(=O)c1ccccc1NC(=O)CCn1cnc2scc(-c3ccc(C)cc3)c2c1=O. The third-order valence-corrected chi connectivity index (χ3v) is 6.00. The van der Waals surface area contributed by atoms with Crippen LogP contribution in [0.5, 0.6) is 0 Å². The first-order valence-corrected chi connectivity index (χ1v) is 10.9. The van der Waals surface area contributed by atoms with Crippen LogP contribution in [-0.2, 0) is 16.1 Å². The third kappa shape index (κ3) is 4.31. The minimum absolute atomic E-state index is 0.0482. The molecule has 0 radical (unpaired) electrons. The zero-order valence-electron chi connectivity index (χ0n) is 17.6. The number of esters is 1. The lowest BCUT2D eigenvalue weighted by Crippen LogP contribution is -2.24. The van der Waals surface area contributed by atoms with Crippen molar-refractivity contribution in [3.8, 4) is 11.1 Å². The Labute approximate surface area is 188 Å². The molecule has 0 unspecified atom stereocenters. The molecule has 1 amide bonds. The molecule has 0 fully saturated rings. The number of methoxy groups -OCH3 is 1. The van der Waals surface area contributed by atoms with Crippen molar-refractivity contribution in [1.29, 1.82) is 0 Å². The molecule has 0 spiro atoms. The van der Waals surface area contributed by atoms with E-state index in [2.05, 4.69) is 10.3 Å². The predicted octanol–water partition coefficient (Wildman–Crippen LogP) is 4.25. The number of aryl methyl sites for hydroxylation is 2. The first-order valence-electron chi connectivity index (χ1n) is 9.99. The molecule has 0 aliphatic heterocycles. The largest absolute Gasteiger partial charge is 0.465 e. The molecule has 7 nitrogen and oxygen atoms in total. The molecule has 0 aliphatic rings. The molecular weight excluding hydrogens is 426 g/mol. The number of thiophene rings is 1. The number of fused-ring (bicyclic) bond motifs is 1. The van der Waals surface area contributed by atoms with Gasteiger partial charge in [-0.3, -0.25) is 14.2 Å². The van der Waals surface area contributed by atoms with E-state index in [0.717, 1.165) is 16.7 Å². The van der Waals surface area contributed by atoms with Gasteiger partial charge in [-0.05, 0) is 24.6 Å². The summed E-state index contributed by atoms with van der Waals surface area (Å²) in [6.07, 6.45) is 1.52. The lowest BCUT2D eigenvalue weighted by Gasteiger charge is -2.10. The Morgan fingerprint density at radius 2 is 1.88 bits per heavy atom. The van der Waals surface area contributed by atoms with Crippen LogP contribution < -0.4 is 10.9 Å². The van der Waals surface area contributed by atoms with Crippen LogP contribution in [0, 0.1) is 6.92 Å². The van der Waals surface area contributed by atoms with Gasteiger partial charge in [0.15, 0.2) is 0 Å². The Balaban J connectivity index is 1.54. The molecule has 4 rings (SSSR count). The molecule has 0 atom stereocenters. The van der Waals surface area contributed by atoms with Crippen LogP contribution in [0.3, 0.4) is 0 Å². The van der Waals surface area contributed by atoms with Crippen LogP contribution in [0.25, 0.3) is 21.3 Å². The number of carbonyl (C=O) groups excluding carboxylic acids is 2. The highest BCUT2D eigenvalue weighted by Gasteiger charge is 2.16. The number of ether oxygens (including phenoxy) is 1. The second kappa shape index (κ2) is 9.15. The van der Waals surface area contributed by atoms with E-state index >= 15 is 0 Å². The lowest BCUT2D eigenvalue weighted by molar-refractivity contribution is -0.116. The van der Waals surface area contributed by atoms with Gasteiger partial charge in [0.1, 0.15) is 4.83 Å². The zero-order valence-corrected chi connectivity index (χ0v) is 18.4. The third-order valence-electron chi connectivity index (χ3n) is 5.11. The first kappa shape index (κ1) is 21.5. The van der Waals surface area contributed by atoms with Gasteiger partial charge in [-0.25, -0.2) is 9.78 Å². The Morgan fingerprint density at radius 3 is 2.62 bits per heavy atom. The summed E-state index contributed by atoms with van der Waals surface area (Å²) in [6, 6.07) is 14.6. The number of hydrogen-bond donors (Lipinski definition) is 1. The van der Waals surface area contributed by atoms with Gasteiger partial charge >= 0.3 is 5.97 Å². The topological polar surface area (TPSA) is 90.3 Å². The number of carbonyl (C=O) groups is 2. The fraction of sp³-hybridized carbons (Fsp3) is 0.167. The summed E-state index contributed by atoms with van der Waals surface area (Å²) in [5.74, 6) is -0.856. The molecule has 32 heavy (non-hydrogen) atoms. The van der Waals surface area contributed by atoms with Gasteiger partial charge in [0.25, 0.3) is 5.56 Å². The van der Waals surface area contributed by atoms with Crippen LogP contribution in [0.1, 0.15) is 22.3 Å². The highest BCUT2D eigenvalue weighted by atomic mass is 32.1. The number of anilines is 1. The number of nitrogens with one attached hydrogen (secondary N) is 1. The molecule has 8 heteroatoms. The fourth-order valence-electron chi connectivity index (χ4n) is 3.39. The van der Waals surface area contributed by atoms with E-state index in [1.165, 1.54) is 29.3 Å². The van der Waals surface area contributed by atoms with Gasteiger partial charge < -0.3 is 10.1 Å². The number of rotatable bonds is 6. The Morgan fingerprint density at radius 1 is 1.12 bits per heavy atom. The first-order chi connectivity index (χ1) is 15.5. The summed E-state index contributed by atoms with van der Waals surface area (Å²) in [6.45, 7) is 2.18. The number of aromatic nitrogens is 2. The standard InChI is InChI=1S/C24H21N3O4S/c1-15-7-9-16(10-8-15)18-13-32-22-21(18)23(29)27(14-25-22)12-11-20(28)26-19-6-4-3-5-17(19)24(30)31-2/h3-10,13-14H,11-12H2,1-2H3,(H,26,28). The molecule has 4 aromatic rings. The van der Waals surface area contributed by atoms with Crippen LogP contribution in [0.2, 0.25) is 0 Å². The molecule has 0 bridgehead atoms. The summed E-state index contributed by atoms with van der Waals surface area (Å²) >= 11 is 1.42. The van der Waals surface area contributed by atoms with Crippen molar-refractivity contribution in [3.05, 3.63) is 81.7 Å². The van der Waals surface area contributed by atoms with E-state index in [0.29, 0.717) is 15.9 Å². The van der Waals surface area contributed by atoms with Gasteiger partial charge in [0.05, 0.1) is 30.1 Å². The van der Waals surface area contributed by atoms with Gasteiger partial charge in [0, 0.05) is 23.9 Å². The second-order valence-electron chi connectivity index (χ2n) is 7.27. The van der Waals surface area contributed by atoms with Crippen LogP contribution in [0.4, 0.5) is 5.69 Å². The average molecular weight is 448 g/mol. The van der Waals surface area contributed by atoms with E-state index in [-0.39, 0.29) is 30.0 Å². The summed E-state index contributed by atoms with van der Waals surface area (Å²) in [7, 11) is 1.28. The number of amides is 1. The van der Waals surface area contributed by atoms with E-state index in [4.69, 9.17) is 4.74 Å². The van der Waals surface area contributed by atoms with Crippen molar-refractivity contribution in [2.45, 2.75) is 19.9 Å². The van der Waals surface area contributed by atoms with Gasteiger partial charge in [-0.1, -0.05) is 42.0 Å². The lowest BCUT2D eigenvalue weighted by atomic mass is 10.1. The van der Waals surface area contributed by atoms with Crippen molar-refractivity contribution in [1.82, 2.24) is 9.55 Å². The average Bonchev–Trinajstić information content (AvgIpc) is 3.24. The Bertz CT molecular complexity index is 1360. The Kier molecular flexibility index (Phi) is 6.13. The highest BCUT2D eigenvalue weighted by molar-refractivity contribution is 7.17. The molecule has 2 aromatic carbocycles. The van der Waals surface area contributed by atoms with Gasteiger partial charge in [0.2, 0.25) is 5.91 Å². The smallest absolute Gasteiger partial charge is 0.339 e. The van der Waals surface area contributed by atoms with Gasteiger partial charge in [-0.2, -0.15) is 0 Å². The predicted molar refractivity (Wildman–Crippen MR) is 125 cm³/mol. The van der Waals surface area contributed by atoms with E-state index in [1.54, 1.807) is 24.3 Å². The van der Waals surface area contributed by atoms with Crippen LogP contribution >= 0.6 is 11.3 Å². The van der Waals surface area contributed by atoms with Crippen molar-refractivity contribution >= 4 is 39.1 Å². The Hall–Kier alpha value is -3.78. The number of benzene rings is 2. The minimum Gasteiger partial charge on any atom is -0.465 e. The summed E-state index contributed by atoms with van der Waals surface area (Å²) in [5.41, 5.74) is 3.39. The van der Waals surface area contributed by atoms with E-state index in [9.17, 15) is 14.4 Å². The molecule has 2 aromatic heterocycles. The quantitative estimate of drug-likeness (QED) is 0.446. The number of nitrogens with zero attached hydrogens (tertiary/aromatic N) is 2. The highest BCUT2D eigenvalue weighted by Crippen LogP contribution is 2.30. The maximum Gasteiger partial charge on any atom is 0.339 e. The fourth-order valence-corrected chi connectivity index (χ4v) is 4.29. The molecule has 0 aliphatic carbocycles. The molecule has 0 saturated heterocycles. The molecule has 0 saturated carbocycles. The minimum atomic E-state index is -0.534. The van der Waals surface area contributed by atoms with Crippen molar-refractivity contribution < 1.29 is 14.3 Å². The van der Waals surface area contributed by atoms with E-state index in [1.807, 2.05) is 36.6 Å². The van der Waals surface area contributed by atoms with Crippen molar-refractivity contribution in [2.75, 3.05) is 12.4 Å².